The smallest absolute Gasteiger partial charge is 0.238 e. The Morgan fingerprint density at radius 3 is 1.62 bits per heavy atom. The number of anilines is 1. The molecule has 3 aromatic carbocycles. The van der Waals surface area contributed by atoms with Crippen LogP contribution in [0.3, 0.4) is 0 Å². The summed E-state index contributed by atoms with van der Waals surface area (Å²) < 4.78 is 0. The van der Waals surface area contributed by atoms with E-state index in [1.54, 1.807) is 0 Å². The normalized spacial score (nSPS) is 24.8. The Kier molecular flexibility index (Phi) is 4.70. The summed E-state index contributed by atoms with van der Waals surface area (Å²) in [4.78, 5) is 28.8. The monoisotopic (exact) mass is 445 g/mol. The van der Waals surface area contributed by atoms with Crippen LogP contribution >= 0.6 is 0 Å². The number of amides is 2. The van der Waals surface area contributed by atoms with Gasteiger partial charge in [-0.15, -0.1) is 0 Å². The van der Waals surface area contributed by atoms with Crippen molar-refractivity contribution in [2.45, 2.75) is 20.8 Å². The topological polar surface area (TPSA) is 37.4 Å². The van der Waals surface area contributed by atoms with E-state index < -0.39 is 0 Å². The highest BCUT2D eigenvalue weighted by molar-refractivity contribution is 6.23. The zero-order chi connectivity index (χ0) is 23.6. The molecule has 34 heavy (non-hydrogen) atoms. The fourth-order valence-electron chi connectivity index (χ4n) is 6.06. The zero-order valence-corrected chi connectivity index (χ0v) is 19.7. The third-order valence-electron chi connectivity index (χ3n) is 7.64. The van der Waals surface area contributed by atoms with Crippen LogP contribution in [0.1, 0.15) is 27.8 Å². The van der Waals surface area contributed by atoms with E-state index in [-0.39, 0.29) is 35.5 Å². The van der Waals surface area contributed by atoms with Crippen LogP contribution in [0, 0.1) is 44.4 Å². The molecule has 2 aliphatic carbocycles. The molecule has 2 fully saturated rings. The minimum Gasteiger partial charge on any atom is -0.274 e. The molecule has 2 bridgehead atoms. The first-order chi connectivity index (χ1) is 16.4. The Bertz CT molecular complexity index is 1300. The molecule has 1 saturated carbocycles. The third-order valence-corrected chi connectivity index (χ3v) is 7.64. The predicted octanol–water partition coefficient (Wildman–Crippen LogP) is 6.04. The molecule has 4 atom stereocenters. The predicted molar refractivity (Wildman–Crippen MR) is 135 cm³/mol. The molecule has 0 spiro atoms. The van der Waals surface area contributed by atoms with Crippen molar-refractivity contribution in [3.63, 3.8) is 0 Å². The van der Waals surface area contributed by atoms with Gasteiger partial charge in [-0.2, -0.15) is 0 Å². The lowest BCUT2D eigenvalue weighted by Gasteiger charge is -2.22. The standard InChI is InChI=1S/C31H27NO2/c1-18-7-11-21(12-8-18)26(22-13-9-19(2)10-14-22)27-24-15-16-25(27)29-28(24)30(33)32(31(29)34)23-6-4-5-20(3)17-23/h4-17,24-25,28-29H,1-3H3/t24-,25-,28-,29+/m1/s1. The molecule has 0 aromatic heterocycles. The van der Waals surface area contributed by atoms with E-state index in [4.69, 9.17) is 0 Å². The van der Waals surface area contributed by atoms with Gasteiger partial charge in [-0.25, -0.2) is 4.90 Å². The maximum Gasteiger partial charge on any atom is 0.238 e. The van der Waals surface area contributed by atoms with Crippen molar-refractivity contribution < 1.29 is 9.59 Å². The summed E-state index contributed by atoms with van der Waals surface area (Å²) in [7, 11) is 0. The van der Waals surface area contributed by atoms with Gasteiger partial charge in [-0.3, -0.25) is 9.59 Å². The van der Waals surface area contributed by atoms with Gasteiger partial charge in [0.2, 0.25) is 11.8 Å². The molecule has 1 saturated heterocycles. The van der Waals surface area contributed by atoms with E-state index in [0.717, 1.165) is 22.3 Å². The molecule has 3 aliphatic rings. The maximum absolute atomic E-state index is 13.7. The number of carbonyl (C=O) groups is 2. The van der Waals surface area contributed by atoms with Crippen molar-refractivity contribution in [2.75, 3.05) is 4.90 Å². The number of rotatable bonds is 3. The van der Waals surface area contributed by atoms with Gasteiger partial charge in [0.05, 0.1) is 17.5 Å². The highest BCUT2D eigenvalue weighted by Gasteiger charge is 2.62. The van der Waals surface area contributed by atoms with Gasteiger partial charge in [0, 0.05) is 11.8 Å². The second kappa shape index (κ2) is 7.66. The molecule has 2 amide bonds. The van der Waals surface area contributed by atoms with Crippen molar-refractivity contribution in [1.29, 1.82) is 0 Å². The fraction of sp³-hybridized carbons (Fsp3) is 0.226. The third kappa shape index (κ3) is 3.03. The zero-order valence-electron chi connectivity index (χ0n) is 19.7. The van der Waals surface area contributed by atoms with Gasteiger partial charge < -0.3 is 0 Å². The van der Waals surface area contributed by atoms with Crippen molar-refractivity contribution in [3.8, 4) is 0 Å². The van der Waals surface area contributed by atoms with Crippen LogP contribution < -0.4 is 4.90 Å². The van der Waals surface area contributed by atoms with Crippen molar-refractivity contribution in [2.24, 2.45) is 23.7 Å². The maximum atomic E-state index is 13.7. The lowest BCUT2D eigenvalue weighted by Crippen LogP contribution is -2.33. The molecule has 3 aromatic rings. The van der Waals surface area contributed by atoms with Gasteiger partial charge in [0.1, 0.15) is 0 Å². The minimum absolute atomic E-state index is 0.0566. The van der Waals surface area contributed by atoms with Crippen LogP contribution in [0.5, 0.6) is 0 Å². The second-order valence-electron chi connectivity index (χ2n) is 9.90. The van der Waals surface area contributed by atoms with Crippen LogP contribution in [0.25, 0.3) is 5.57 Å². The molecule has 3 nitrogen and oxygen atoms in total. The SMILES string of the molecule is Cc1ccc(C(=C2[C@H]3C=C[C@H]2[C@H]2C(=O)N(c4cccc(C)c4)C(=O)[C@H]23)c2ccc(C)cc2)cc1. The molecule has 168 valence electrons. The first kappa shape index (κ1) is 20.9. The van der Waals surface area contributed by atoms with Crippen LogP contribution in [-0.4, -0.2) is 11.8 Å². The minimum atomic E-state index is -0.330. The van der Waals surface area contributed by atoms with Crippen molar-refractivity contribution >= 4 is 23.1 Å². The number of carbonyl (C=O) groups excluding carboxylic acids is 2. The number of imide groups is 1. The van der Waals surface area contributed by atoms with E-state index in [0.29, 0.717) is 5.69 Å². The molecule has 0 unspecified atom stereocenters. The fourth-order valence-corrected chi connectivity index (χ4v) is 6.06. The number of hydrogen-bond acceptors (Lipinski definition) is 2. The number of fused-ring (bicyclic) bond motifs is 5. The summed E-state index contributed by atoms with van der Waals surface area (Å²) in [6.07, 6.45) is 4.32. The highest BCUT2D eigenvalue weighted by Crippen LogP contribution is 2.58. The Balaban J connectivity index is 1.49. The number of allylic oxidation sites excluding steroid dienone is 3. The highest BCUT2D eigenvalue weighted by atomic mass is 16.2. The summed E-state index contributed by atoms with van der Waals surface area (Å²) in [6, 6.07) is 24.8. The lowest BCUT2D eigenvalue weighted by molar-refractivity contribution is -0.122. The first-order valence-corrected chi connectivity index (χ1v) is 11.9. The quantitative estimate of drug-likeness (QED) is 0.364. The van der Waals surface area contributed by atoms with Crippen LogP contribution in [0.15, 0.2) is 90.5 Å². The Morgan fingerprint density at radius 2 is 1.15 bits per heavy atom. The van der Waals surface area contributed by atoms with E-state index in [9.17, 15) is 9.59 Å². The van der Waals surface area contributed by atoms with Gasteiger partial charge >= 0.3 is 0 Å². The van der Waals surface area contributed by atoms with Crippen LogP contribution in [0.2, 0.25) is 0 Å². The average Bonchev–Trinajstić information content (AvgIpc) is 3.46. The van der Waals surface area contributed by atoms with Gasteiger partial charge in [-0.1, -0.05) is 83.9 Å². The molecule has 1 heterocycles. The number of nitrogens with zero attached hydrogens (tertiary/aromatic N) is 1. The number of hydrogen-bond donors (Lipinski definition) is 0. The second-order valence-corrected chi connectivity index (χ2v) is 9.90. The Morgan fingerprint density at radius 1 is 0.647 bits per heavy atom. The van der Waals surface area contributed by atoms with Gasteiger partial charge in [0.15, 0.2) is 0 Å². The molecule has 0 N–H and O–H groups in total. The van der Waals surface area contributed by atoms with Crippen LogP contribution in [-0.2, 0) is 9.59 Å². The Hall–Kier alpha value is -3.72. The average molecular weight is 446 g/mol. The molecule has 3 heteroatoms. The van der Waals surface area contributed by atoms with E-state index in [2.05, 4.69) is 74.5 Å². The van der Waals surface area contributed by atoms with Crippen molar-refractivity contribution in [3.05, 3.63) is 118 Å². The van der Waals surface area contributed by atoms with E-state index in [1.165, 1.54) is 21.6 Å². The lowest BCUT2D eigenvalue weighted by atomic mass is 9.85. The van der Waals surface area contributed by atoms with E-state index >= 15 is 0 Å². The van der Waals surface area contributed by atoms with Gasteiger partial charge in [0.25, 0.3) is 0 Å². The molecule has 6 rings (SSSR count). The summed E-state index contributed by atoms with van der Waals surface area (Å²) in [5.74, 6) is -0.908. The summed E-state index contributed by atoms with van der Waals surface area (Å²) in [5.41, 5.74) is 8.80. The van der Waals surface area contributed by atoms with Gasteiger partial charge in [-0.05, 0) is 60.7 Å². The number of aryl methyl sites for hydroxylation is 3. The summed E-state index contributed by atoms with van der Waals surface area (Å²) in [6.45, 7) is 6.16. The van der Waals surface area contributed by atoms with Crippen molar-refractivity contribution in [1.82, 2.24) is 0 Å². The largest absolute Gasteiger partial charge is 0.274 e. The summed E-state index contributed by atoms with van der Waals surface area (Å²) >= 11 is 0. The molecule has 0 radical (unpaired) electrons. The number of benzene rings is 3. The molecular weight excluding hydrogens is 418 g/mol. The Labute approximate surface area is 200 Å². The van der Waals surface area contributed by atoms with E-state index in [1.807, 2.05) is 31.2 Å². The molecular formula is C31H27NO2. The first-order valence-electron chi connectivity index (χ1n) is 11.9. The van der Waals surface area contributed by atoms with Crippen LogP contribution in [0.4, 0.5) is 5.69 Å². The molecule has 1 aliphatic heterocycles. The summed E-state index contributed by atoms with van der Waals surface area (Å²) in [5, 5.41) is 0.